The molecule has 0 bridgehead atoms. The van der Waals surface area contributed by atoms with E-state index in [1.165, 1.54) is 16.7 Å². The molecule has 29 heavy (non-hydrogen) atoms. The van der Waals surface area contributed by atoms with Crippen molar-refractivity contribution in [3.8, 4) is 11.1 Å². The number of hydrogen-bond donors (Lipinski definition) is 0. The molecule has 1 fully saturated rings. The highest BCUT2D eigenvalue weighted by molar-refractivity contribution is 6.30. The zero-order valence-corrected chi connectivity index (χ0v) is 17.3. The van der Waals surface area contributed by atoms with Crippen LogP contribution >= 0.6 is 11.6 Å². The average Bonchev–Trinajstić information content (AvgIpc) is 2.79. The molecular weight excluding hydrogens is 378 g/mol. The topological polar surface area (TPSA) is 20.3 Å². The number of piperidine rings is 1. The number of likely N-dealkylation sites (tertiary alicyclic amines) is 1. The second-order valence-corrected chi connectivity index (χ2v) is 8.21. The number of hydrogen-bond acceptors (Lipinski definition) is 1. The Bertz CT molecular complexity index is 944. The number of aryl methyl sites for hydroxylation is 1. The molecule has 1 aliphatic heterocycles. The summed E-state index contributed by atoms with van der Waals surface area (Å²) in [4.78, 5) is 14.7. The molecule has 1 amide bonds. The van der Waals surface area contributed by atoms with Crippen molar-refractivity contribution in [2.75, 3.05) is 13.1 Å². The van der Waals surface area contributed by atoms with Gasteiger partial charge in [-0.1, -0.05) is 78.3 Å². The second kappa shape index (κ2) is 9.28. The highest BCUT2D eigenvalue weighted by atomic mass is 35.5. The fraction of sp³-hybridized carbons (Fsp3) is 0.269. The van der Waals surface area contributed by atoms with E-state index in [2.05, 4.69) is 48.5 Å². The molecule has 4 rings (SSSR count). The Balaban J connectivity index is 1.32. The number of carbonyl (C=O) groups excluding carboxylic acids is 1. The normalized spacial score (nSPS) is 14.7. The van der Waals surface area contributed by atoms with Crippen molar-refractivity contribution in [3.63, 3.8) is 0 Å². The van der Waals surface area contributed by atoms with Crippen molar-refractivity contribution >= 4 is 17.5 Å². The van der Waals surface area contributed by atoms with Gasteiger partial charge in [0.25, 0.3) is 0 Å². The van der Waals surface area contributed by atoms with E-state index < -0.39 is 0 Å². The first-order chi connectivity index (χ1) is 14.2. The first-order valence-electron chi connectivity index (χ1n) is 10.4. The van der Waals surface area contributed by atoms with Crippen LogP contribution in [0.5, 0.6) is 0 Å². The maximum Gasteiger partial charge on any atom is 0.222 e. The van der Waals surface area contributed by atoms with Gasteiger partial charge in [0.2, 0.25) is 5.91 Å². The van der Waals surface area contributed by atoms with Gasteiger partial charge >= 0.3 is 0 Å². The summed E-state index contributed by atoms with van der Waals surface area (Å²) in [5.41, 5.74) is 5.07. The fourth-order valence-corrected chi connectivity index (χ4v) is 4.25. The van der Waals surface area contributed by atoms with E-state index in [1.54, 1.807) is 0 Å². The van der Waals surface area contributed by atoms with E-state index in [1.807, 2.05) is 35.2 Å². The van der Waals surface area contributed by atoms with Crippen molar-refractivity contribution in [3.05, 3.63) is 95.0 Å². The molecule has 0 aromatic heterocycles. The summed E-state index contributed by atoms with van der Waals surface area (Å²) in [5, 5.41) is 0.735. The third-order valence-electron chi connectivity index (χ3n) is 5.85. The Morgan fingerprint density at radius 3 is 2.28 bits per heavy atom. The average molecular weight is 404 g/mol. The van der Waals surface area contributed by atoms with Crippen LogP contribution in [0.25, 0.3) is 11.1 Å². The van der Waals surface area contributed by atoms with Crippen LogP contribution in [0.3, 0.4) is 0 Å². The Morgan fingerprint density at radius 2 is 1.55 bits per heavy atom. The van der Waals surface area contributed by atoms with Crippen LogP contribution in [-0.2, 0) is 11.2 Å². The van der Waals surface area contributed by atoms with Crippen molar-refractivity contribution in [2.24, 2.45) is 0 Å². The molecule has 1 saturated heterocycles. The minimum atomic E-state index is 0.261. The van der Waals surface area contributed by atoms with Gasteiger partial charge in [-0.15, -0.1) is 0 Å². The van der Waals surface area contributed by atoms with Crippen LogP contribution in [0.2, 0.25) is 5.02 Å². The number of amides is 1. The molecule has 2 nitrogen and oxygen atoms in total. The van der Waals surface area contributed by atoms with Gasteiger partial charge < -0.3 is 4.90 Å². The molecule has 0 saturated carbocycles. The van der Waals surface area contributed by atoms with Gasteiger partial charge in [-0.2, -0.15) is 0 Å². The molecule has 0 aliphatic carbocycles. The number of carbonyl (C=O) groups is 1. The molecule has 148 valence electrons. The van der Waals surface area contributed by atoms with Crippen LogP contribution in [0.15, 0.2) is 78.9 Å². The fourth-order valence-electron chi connectivity index (χ4n) is 4.13. The van der Waals surface area contributed by atoms with Gasteiger partial charge in [-0.3, -0.25) is 4.79 Å². The second-order valence-electron chi connectivity index (χ2n) is 7.77. The molecule has 0 spiro atoms. The van der Waals surface area contributed by atoms with Gasteiger partial charge in [0.1, 0.15) is 0 Å². The van der Waals surface area contributed by atoms with E-state index in [-0.39, 0.29) is 5.91 Å². The van der Waals surface area contributed by atoms with Gasteiger partial charge in [0.15, 0.2) is 0 Å². The number of benzene rings is 3. The predicted octanol–water partition coefficient (Wildman–Crippen LogP) is 6.35. The summed E-state index contributed by atoms with van der Waals surface area (Å²) in [6.07, 6.45) is 3.40. The summed E-state index contributed by atoms with van der Waals surface area (Å²) >= 11 is 5.93. The Morgan fingerprint density at radius 1 is 0.862 bits per heavy atom. The van der Waals surface area contributed by atoms with Crippen molar-refractivity contribution in [1.29, 1.82) is 0 Å². The van der Waals surface area contributed by atoms with Gasteiger partial charge in [-0.05, 0) is 59.6 Å². The number of halogens is 1. The highest BCUT2D eigenvalue weighted by Crippen LogP contribution is 2.31. The number of nitrogens with zero attached hydrogens (tertiary/aromatic N) is 1. The maximum atomic E-state index is 12.6. The molecule has 0 atom stereocenters. The third kappa shape index (κ3) is 5.07. The summed E-state index contributed by atoms with van der Waals surface area (Å²) in [5.74, 6) is 0.787. The van der Waals surface area contributed by atoms with Crippen LogP contribution in [-0.4, -0.2) is 23.9 Å². The van der Waals surface area contributed by atoms with Crippen molar-refractivity contribution in [1.82, 2.24) is 4.90 Å². The monoisotopic (exact) mass is 403 g/mol. The summed E-state index contributed by atoms with van der Waals surface area (Å²) in [6.45, 7) is 1.69. The first-order valence-corrected chi connectivity index (χ1v) is 10.7. The van der Waals surface area contributed by atoms with Gasteiger partial charge in [-0.25, -0.2) is 0 Å². The van der Waals surface area contributed by atoms with E-state index in [0.29, 0.717) is 12.3 Å². The minimum absolute atomic E-state index is 0.261. The van der Waals surface area contributed by atoms with Crippen molar-refractivity contribution < 1.29 is 4.79 Å². The lowest BCUT2D eigenvalue weighted by molar-refractivity contribution is -0.132. The molecule has 0 unspecified atom stereocenters. The zero-order valence-electron chi connectivity index (χ0n) is 16.6. The summed E-state index contributed by atoms with van der Waals surface area (Å²) in [7, 11) is 0. The van der Waals surface area contributed by atoms with Crippen LogP contribution in [0, 0.1) is 0 Å². The van der Waals surface area contributed by atoms with Crippen LogP contribution in [0.4, 0.5) is 0 Å². The largest absolute Gasteiger partial charge is 0.343 e. The lowest BCUT2D eigenvalue weighted by Crippen LogP contribution is -2.38. The van der Waals surface area contributed by atoms with E-state index >= 15 is 0 Å². The molecule has 3 aromatic rings. The van der Waals surface area contributed by atoms with Crippen LogP contribution < -0.4 is 0 Å². The number of rotatable bonds is 5. The molecule has 1 heterocycles. The molecule has 1 aliphatic rings. The Labute approximate surface area is 178 Å². The molecular formula is C26H26ClNO. The third-order valence-corrected chi connectivity index (χ3v) is 6.11. The lowest BCUT2D eigenvalue weighted by Gasteiger charge is -2.32. The van der Waals surface area contributed by atoms with E-state index in [4.69, 9.17) is 11.6 Å². The minimum Gasteiger partial charge on any atom is -0.343 e. The molecule has 3 heteroatoms. The smallest absolute Gasteiger partial charge is 0.222 e. The molecule has 0 N–H and O–H groups in total. The highest BCUT2D eigenvalue weighted by Gasteiger charge is 2.23. The SMILES string of the molecule is O=C(CCc1ccc(Cl)cc1)N1CCC(c2cccc(-c3ccccc3)c2)CC1. The summed E-state index contributed by atoms with van der Waals surface area (Å²) in [6, 6.07) is 27.2. The van der Waals surface area contributed by atoms with E-state index in [9.17, 15) is 4.79 Å². The predicted molar refractivity (Wildman–Crippen MR) is 120 cm³/mol. The zero-order chi connectivity index (χ0) is 20.1. The summed E-state index contributed by atoms with van der Waals surface area (Å²) < 4.78 is 0. The lowest BCUT2D eigenvalue weighted by atomic mass is 9.87. The van der Waals surface area contributed by atoms with Crippen molar-refractivity contribution in [2.45, 2.75) is 31.6 Å². The van der Waals surface area contributed by atoms with Gasteiger partial charge in [0.05, 0.1) is 0 Å². The first kappa shape index (κ1) is 19.7. The molecule has 0 radical (unpaired) electrons. The Hall–Kier alpha value is -2.58. The maximum absolute atomic E-state index is 12.6. The van der Waals surface area contributed by atoms with Crippen LogP contribution in [0.1, 0.15) is 36.3 Å². The Kier molecular flexibility index (Phi) is 6.31. The quantitative estimate of drug-likeness (QED) is 0.486. The van der Waals surface area contributed by atoms with Gasteiger partial charge in [0, 0.05) is 24.5 Å². The van der Waals surface area contributed by atoms with E-state index in [0.717, 1.165) is 42.9 Å². The standard InChI is InChI=1S/C26H26ClNO/c27-25-12-9-20(10-13-25)11-14-26(29)28-17-15-22(16-18-28)24-8-4-7-23(19-24)21-5-2-1-3-6-21/h1-10,12-13,19,22H,11,14-18H2. The molecule has 3 aromatic carbocycles.